The van der Waals surface area contributed by atoms with Gasteiger partial charge in [0.1, 0.15) is 17.3 Å². The number of benzene rings is 2. The van der Waals surface area contributed by atoms with E-state index in [4.69, 9.17) is 9.47 Å². The van der Waals surface area contributed by atoms with E-state index in [-0.39, 0.29) is 23.6 Å². The van der Waals surface area contributed by atoms with E-state index in [9.17, 15) is 14.3 Å². The Labute approximate surface area is 170 Å². The smallest absolute Gasteiger partial charge is 0.306 e. The van der Waals surface area contributed by atoms with Gasteiger partial charge in [-0.15, -0.1) is 0 Å². The molecule has 2 fully saturated rings. The molecule has 2 aliphatic carbocycles. The van der Waals surface area contributed by atoms with E-state index >= 15 is 0 Å². The van der Waals surface area contributed by atoms with Gasteiger partial charge < -0.3 is 14.6 Å². The Morgan fingerprint density at radius 1 is 1.21 bits per heavy atom. The number of carbonyl (C=O) groups is 1. The Bertz CT molecular complexity index is 892. The molecule has 0 spiro atoms. The number of halogens is 1. The molecule has 0 radical (unpaired) electrons. The van der Waals surface area contributed by atoms with Crippen LogP contribution in [0.5, 0.6) is 11.5 Å². The molecule has 2 aliphatic rings. The van der Waals surface area contributed by atoms with Crippen molar-refractivity contribution in [2.24, 2.45) is 17.8 Å². The van der Waals surface area contributed by atoms with Gasteiger partial charge in [0.2, 0.25) is 0 Å². The van der Waals surface area contributed by atoms with Gasteiger partial charge in [0.15, 0.2) is 0 Å². The predicted octanol–water partition coefficient (Wildman–Crippen LogP) is 5.23. The molecule has 4 nitrogen and oxygen atoms in total. The van der Waals surface area contributed by atoms with Crippen molar-refractivity contribution < 1.29 is 23.8 Å². The first kappa shape index (κ1) is 19.7. The molecule has 0 unspecified atom stereocenters. The molecule has 2 saturated carbocycles. The Morgan fingerprint density at radius 2 is 2.00 bits per heavy atom. The topological polar surface area (TPSA) is 55.8 Å². The van der Waals surface area contributed by atoms with Crippen LogP contribution in [-0.4, -0.2) is 24.8 Å². The fourth-order valence-electron chi connectivity index (χ4n) is 4.34. The molecule has 29 heavy (non-hydrogen) atoms. The second-order valence-corrected chi connectivity index (χ2v) is 8.36. The lowest BCUT2D eigenvalue weighted by Crippen LogP contribution is -2.20. The summed E-state index contributed by atoms with van der Waals surface area (Å²) in [6, 6.07) is 12.7. The maximum absolute atomic E-state index is 14.2. The van der Waals surface area contributed by atoms with Gasteiger partial charge in [-0.25, -0.2) is 4.39 Å². The highest BCUT2D eigenvalue weighted by Gasteiger charge is 2.41. The van der Waals surface area contributed by atoms with Gasteiger partial charge in [0, 0.05) is 5.92 Å². The maximum atomic E-state index is 14.2. The summed E-state index contributed by atoms with van der Waals surface area (Å²) < 4.78 is 25.4. The minimum atomic E-state index is -0.755. The zero-order chi connectivity index (χ0) is 20.5. The van der Waals surface area contributed by atoms with Crippen molar-refractivity contribution in [2.45, 2.75) is 38.0 Å². The molecule has 4 rings (SSSR count). The Balaban J connectivity index is 1.40. The normalized spacial score (nSPS) is 22.6. The van der Waals surface area contributed by atoms with Gasteiger partial charge in [0.25, 0.3) is 0 Å². The van der Waals surface area contributed by atoms with Crippen molar-refractivity contribution >= 4 is 5.97 Å². The summed E-state index contributed by atoms with van der Waals surface area (Å²) in [5.41, 5.74) is 1.72. The van der Waals surface area contributed by atoms with E-state index < -0.39 is 11.9 Å². The molecule has 4 atom stereocenters. The van der Waals surface area contributed by atoms with Crippen molar-refractivity contribution in [3.63, 3.8) is 0 Å². The van der Waals surface area contributed by atoms with Gasteiger partial charge in [-0.1, -0.05) is 19.1 Å². The SMILES string of the molecule is COc1ccc(F)c([C@@H]2C[C@H]2COc2cccc([C@H](C3CC3)[C@H](C)C(=O)O)c2)c1. The van der Waals surface area contributed by atoms with Crippen molar-refractivity contribution in [2.75, 3.05) is 13.7 Å². The van der Waals surface area contributed by atoms with Crippen LogP contribution in [0.1, 0.15) is 49.1 Å². The molecule has 0 aromatic heterocycles. The highest BCUT2D eigenvalue weighted by atomic mass is 19.1. The number of hydrogen-bond acceptors (Lipinski definition) is 3. The molecule has 0 amide bonds. The number of hydrogen-bond donors (Lipinski definition) is 1. The van der Waals surface area contributed by atoms with Gasteiger partial charge in [-0.2, -0.15) is 0 Å². The Morgan fingerprint density at radius 3 is 2.69 bits per heavy atom. The van der Waals surface area contributed by atoms with Gasteiger partial charge in [-0.05, 0) is 78.5 Å². The minimum absolute atomic E-state index is 0.0237. The lowest BCUT2D eigenvalue weighted by Gasteiger charge is -2.21. The van der Waals surface area contributed by atoms with Crippen LogP contribution in [0.3, 0.4) is 0 Å². The third-order valence-electron chi connectivity index (χ3n) is 6.29. The fourth-order valence-corrected chi connectivity index (χ4v) is 4.34. The second kappa shape index (κ2) is 8.05. The van der Waals surface area contributed by atoms with Crippen LogP contribution in [0.4, 0.5) is 4.39 Å². The summed E-state index contributed by atoms with van der Waals surface area (Å²) in [6.07, 6.45) is 3.07. The molecular formula is C24H27FO4. The standard InChI is InChI=1S/C24H27FO4/c1-14(24(26)27)23(15-6-7-15)16-4-3-5-19(10-16)29-13-17-11-20(17)21-12-18(28-2)8-9-22(21)25/h3-5,8-10,12,14-15,17,20,23H,6-7,11,13H2,1-2H3,(H,26,27)/t14-,17-,20+,23-/m0/s1. The average molecular weight is 398 g/mol. The van der Waals surface area contributed by atoms with Crippen LogP contribution < -0.4 is 9.47 Å². The molecule has 1 N–H and O–H groups in total. The van der Waals surface area contributed by atoms with Crippen molar-refractivity contribution in [3.05, 3.63) is 59.4 Å². The molecule has 5 heteroatoms. The summed E-state index contributed by atoms with van der Waals surface area (Å²) >= 11 is 0. The highest BCUT2D eigenvalue weighted by molar-refractivity contribution is 5.71. The van der Waals surface area contributed by atoms with E-state index in [1.54, 1.807) is 26.2 Å². The van der Waals surface area contributed by atoms with Crippen molar-refractivity contribution in [1.82, 2.24) is 0 Å². The minimum Gasteiger partial charge on any atom is -0.497 e. The predicted molar refractivity (Wildman–Crippen MR) is 108 cm³/mol. The maximum Gasteiger partial charge on any atom is 0.306 e. The van der Waals surface area contributed by atoms with Crippen molar-refractivity contribution in [1.29, 1.82) is 0 Å². The van der Waals surface area contributed by atoms with E-state index in [0.717, 1.165) is 30.6 Å². The van der Waals surface area contributed by atoms with Crippen molar-refractivity contribution in [3.8, 4) is 11.5 Å². The Kier molecular flexibility index (Phi) is 5.48. The number of carboxylic acid groups (broad SMARTS) is 1. The lowest BCUT2D eigenvalue weighted by molar-refractivity contribution is -0.142. The summed E-state index contributed by atoms with van der Waals surface area (Å²) in [4.78, 5) is 11.5. The molecule has 0 saturated heterocycles. The summed E-state index contributed by atoms with van der Waals surface area (Å²) in [5, 5.41) is 9.47. The van der Waals surface area contributed by atoms with Crippen LogP contribution in [0.25, 0.3) is 0 Å². The second-order valence-electron chi connectivity index (χ2n) is 8.36. The van der Waals surface area contributed by atoms with Crippen LogP contribution in [-0.2, 0) is 4.79 Å². The number of methoxy groups -OCH3 is 1. The van der Waals surface area contributed by atoms with Crippen LogP contribution >= 0.6 is 0 Å². The lowest BCUT2D eigenvalue weighted by atomic mass is 9.83. The zero-order valence-electron chi connectivity index (χ0n) is 16.8. The molecular weight excluding hydrogens is 371 g/mol. The highest BCUT2D eigenvalue weighted by Crippen LogP contribution is 2.50. The van der Waals surface area contributed by atoms with Gasteiger partial charge in [-0.3, -0.25) is 4.79 Å². The number of aliphatic carboxylic acids is 1. The van der Waals surface area contributed by atoms with E-state index in [1.165, 1.54) is 6.07 Å². The first-order chi connectivity index (χ1) is 14.0. The molecule has 0 aliphatic heterocycles. The summed E-state index contributed by atoms with van der Waals surface area (Å²) in [6.45, 7) is 2.31. The third kappa shape index (κ3) is 4.39. The quantitative estimate of drug-likeness (QED) is 0.628. The molecule has 2 aromatic carbocycles. The van der Waals surface area contributed by atoms with Crippen LogP contribution in [0.2, 0.25) is 0 Å². The average Bonchev–Trinajstić information content (AvgIpc) is 3.63. The van der Waals surface area contributed by atoms with E-state index in [2.05, 4.69) is 0 Å². The summed E-state index contributed by atoms with van der Waals surface area (Å²) in [5.74, 6) is 0.945. The number of ether oxygens (including phenoxy) is 2. The summed E-state index contributed by atoms with van der Waals surface area (Å²) in [7, 11) is 1.58. The van der Waals surface area contributed by atoms with Gasteiger partial charge in [0.05, 0.1) is 19.6 Å². The van der Waals surface area contributed by atoms with Gasteiger partial charge >= 0.3 is 5.97 Å². The first-order valence-corrected chi connectivity index (χ1v) is 10.3. The molecule has 0 heterocycles. The molecule has 2 aromatic rings. The van der Waals surface area contributed by atoms with E-state index in [0.29, 0.717) is 23.8 Å². The zero-order valence-corrected chi connectivity index (χ0v) is 16.8. The number of rotatable bonds is 9. The largest absolute Gasteiger partial charge is 0.497 e. The van der Waals surface area contributed by atoms with Crippen LogP contribution in [0.15, 0.2) is 42.5 Å². The Hall–Kier alpha value is -2.56. The first-order valence-electron chi connectivity index (χ1n) is 10.3. The monoisotopic (exact) mass is 398 g/mol. The van der Waals surface area contributed by atoms with E-state index in [1.807, 2.05) is 24.3 Å². The fraction of sp³-hybridized carbons (Fsp3) is 0.458. The number of carboxylic acids is 1. The molecule has 0 bridgehead atoms. The van der Waals surface area contributed by atoms with Crippen LogP contribution in [0, 0.1) is 23.6 Å². The molecule has 154 valence electrons. The third-order valence-corrected chi connectivity index (χ3v) is 6.29.